The molecule has 0 atom stereocenters. The molecule has 1 saturated heterocycles. The van der Waals surface area contributed by atoms with Crippen LogP contribution in [0.25, 0.3) is 0 Å². The predicted octanol–water partition coefficient (Wildman–Crippen LogP) is 1.48. The van der Waals surface area contributed by atoms with Crippen LogP contribution in [0.5, 0.6) is 0 Å². The molecule has 1 aliphatic heterocycles. The number of carbonyl (C=O) groups is 1. The van der Waals surface area contributed by atoms with Crippen LogP contribution >= 0.6 is 0 Å². The van der Waals surface area contributed by atoms with Crippen LogP contribution in [0.2, 0.25) is 0 Å². The van der Waals surface area contributed by atoms with Crippen molar-refractivity contribution >= 4 is 6.03 Å². The average Bonchev–Trinajstić information content (AvgIpc) is 2.29. The summed E-state index contributed by atoms with van der Waals surface area (Å²) in [6.45, 7) is 7.24. The first-order valence-electron chi connectivity index (χ1n) is 6.33. The lowest BCUT2D eigenvalue weighted by molar-refractivity contribution is 0.122. The molecular formula is C12H25N3O. The Kier molecular flexibility index (Phi) is 5.60. The highest BCUT2D eigenvalue weighted by Gasteiger charge is 2.21. The number of unbranched alkanes of at least 4 members (excludes halogenated alkanes) is 2. The van der Waals surface area contributed by atoms with Crippen LogP contribution in [0.3, 0.4) is 0 Å². The Morgan fingerprint density at radius 3 is 2.25 bits per heavy atom. The zero-order chi connectivity index (χ0) is 12.0. The van der Waals surface area contributed by atoms with E-state index >= 15 is 0 Å². The summed E-state index contributed by atoms with van der Waals surface area (Å²) in [4.78, 5) is 17.8. The second-order valence-corrected chi connectivity index (χ2v) is 4.71. The third kappa shape index (κ3) is 4.00. The summed E-state index contributed by atoms with van der Waals surface area (Å²) in [7, 11) is 3.63. The molecule has 1 fully saturated rings. The number of rotatable bonds is 4. The monoisotopic (exact) mass is 227 g/mol. The Balaban J connectivity index is 2.20. The quantitative estimate of drug-likeness (QED) is 0.680. The molecule has 0 N–H and O–H groups in total. The molecule has 0 aromatic rings. The van der Waals surface area contributed by atoms with Crippen LogP contribution in [0.4, 0.5) is 4.79 Å². The molecule has 0 aliphatic carbocycles. The molecule has 1 heterocycles. The van der Waals surface area contributed by atoms with E-state index in [-0.39, 0.29) is 6.03 Å². The van der Waals surface area contributed by atoms with Crippen molar-refractivity contribution in [2.45, 2.75) is 26.2 Å². The Bertz CT molecular complexity index is 210. The minimum Gasteiger partial charge on any atom is -0.331 e. The lowest BCUT2D eigenvalue weighted by Gasteiger charge is -2.35. The smallest absolute Gasteiger partial charge is 0.319 e. The zero-order valence-corrected chi connectivity index (χ0v) is 10.9. The molecule has 0 spiro atoms. The van der Waals surface area contributed by atoms with Crippen molar-refractivity contribution < 1.29 is 4.79 Å². The van der Waals surface area contributed by atoms with Crippen LogP contribution in [-0.2, 0) is 0 Å². The first-order valence-corrected chi connectivity index (χ1v) is 6.33. The fourth-order valence-electron chi connectivity index (χ4n) is 2.03. The molecule has 4 nitrogen and oxygen atoms in total. The van der Waals surface area contributed by atoms with Gasteiger partial charge in [0.25, 0.3) is 0 Å². The Hall–Kier alpha value is -0.770. The first kappa shape index (κ1) is 13.3. The van der Waals surface area contributed by atoms with Crippen LogP contribution in [0.1, 0.15) is 26.2 Å². The van der Waals surface area contributed by atoms with Crippen molar-refractivity contribution in [3.8, 4) is 0 Å². The molecule has 0 radical (unpaired) electrons. The number of hydrogen-bond acceptors (Lipinski definition) is 2. The van der Waals surface area contributed by atoms with Crippen molar-refractivity contribution in [1.29, 1.82) is 0 Å². The zero-order valence-electron chi connectivity index (χ0n) is 10.9. The van der Waals surface area contributed by atoms with Crippen molar-refractivity contribution in [2.24, 2.45) is 0 Å². The molecule has 0 aromatic heterocycles. The van der Waals surface area contributed by atoms with E-state index in [9.17, 15) is 4.79 Å². The van der Waals surface area contributed by atoms with Crippen molar-refractivity contribution in [3.05, 3.63) is 0 Å². The highest BCUT2D eigenvalue weighted by Crippen LogP contribution is 2.06. The van der Waals surface area contributed by atoms with Gasteiger partial charge in [0.05, 0.1) is 0 Å². The maximum Gasteiger partial charge on any atom is 0.319 e. The summed E-state index contributed by atoms with van der Waals surface area (Å²) in [5.74, 6) is 0. The highest BCUT2D eigenvalue weighted by molar-refractivity contribution is 5.73. The molecule has 0 saturated carbocycles. The molecule has 1 rings (SSSR count). The number of piperazine rings is 1. The molecule has 4 heteroatoms. The summed E-state index contributed by atoms with van der Waals surface area (Å²) < 4.78 is 0. The molecule has 1 aliphatic rings. The molecule has 0 unspecified atom stereocenters. The summed E-state index contributed by atoms with van der Waals surface area (Å²) in [5.41, 5.74) is 0. The van der Waals surface area contributed by atoms with Crippen molar-refractivity contribution in [3.63, 3.8) is 0 Å². The second kappa shape index (κ2) is 6.74. The van der Waals surface area contributed by atoms with Gasteiger partial charge in [-0.3, -0.25) is 4.90 Å². The number of urea groups is 1. The molecule has 0 bridgehead atoms. The van der Waals surface area contributed by atoms with E-state index < -0.39 is 0 Å². The summed E-state index contributed by atoms with van der Waals surface area (Å²) in [5, 5.41) is 0. The molecule has 16 heavy (non-hydrogen) atoms. The number of nitrogens with zero attached hydrogens (tertiary/aromatic N) is 3. The van der Waals surface area contributed by atoms with Gasteiger partial charge in [-0.05, 0) is 13.0 Å². The van der Waals surface area contributed by atoms with Gasteiger partial charge in [-0.25, -0.2) is 4.79 Å². The Labute approximate surface area is 99.2 Å². The largest absolute Gasteiger partial charge is 0.331 e. The van der Waals surface area contributed by atoms with Gasteiger partial charge in [0, 0.05) is 40.3 Å². The van der Waals surface area contributed by atoms with Crippen LogP contribution < -0.4 is 0 Å². The second-order valence-electron chi connectivity index (χ2n) is 4.71. The fourth-order valence-corrected chi connectivity index (χ4v) is 2.03. The minimum absolute atomic E-state index is 0.146. The SMILES string of the molecule is CCCCCN1CCN(C(=O)N(C)C)CC1. The summed E-state index contributed by atoms with van der Waals surface area (Å²) in [6, 6.07) is 0.146. The maximum absolute atomic E-state index is 11.7. The van der Waals surface area contributed by atoms with E-state index in [0.717, 1.165) is 26.2 Å². The lowest BCUT2D eigenvalue weighted by atomic mass is 10.2. The Morgan fingerprint density at radius 1 is 1.12 bits per heavy atom. The minimum atomic E-state index is 0.146. The van der Waals surface area contributed by atoms with Gasteiger partial charge < -0.3 is 9.80 Å². The van der Waals surface area contributed by atoms with Gasteiger partial charge in [0.1, 0.15) is 0 Å². The summed E-state index contributed by atoms with van der Waals surface area (Å²) in [6.07, 6.45) is 3.88. The van der Waals surface area contributed by atoms with E-state index in [0.29, 0.717) is 0 Å². The third-order valence-electron chi connectivity index (χ3n) is 3.10. The van der Waals surface area contributed by atoms with Gasteiger partial charge in [-0.15, -0.1) is 0 Å². The van der Waals surface area contributed by atoms with Gasteiger partial charge in [0.2, 0.25) is 0 Å². The number of amides is 2. The molecule has 94 valence electrons. The van der Waals surface area contributed by atoms with Crippen molar-refractivity contribution in [2.75, 3.05) is 46.8 Å². The molecule has 0 aromatic carbocycles. The highest BCUT2D eigenvalue weighted by atomic mass is 16.2. The number of carbonyl (C=O) groups excluding carboxylic acids is 1. The fraction of sp³-hybridized carbons (Fsp3) is 0.917. The van der Waals surface area contributed by atoms with E-state index in [1.54, 1.807) is 4.90 Å². The van der Waals surface area contributed by atoms with Crippen LogP contribution in [-0.4, -0.2) is 67.5 Å². The van der Waals surface area contributed by atoms with Crippen molar-refractivity contribution in [1.82, 2.24) is 14.7 Å². The van der Waals surface area contributed by atoms with Gasteiger partial charge in [-0.2, -0.15) is 0 Å². The van der Waals surface area contributed by atoms with E-state index in [1.165, 1.54) is 25.8 Å². The van der Waals surface area contributed by atoms with Gasteiger partial charge in [-0.1, -0.05) is 19.8 Å². The number of hydrogen-bond donors (Lipinski definition) is 0. The lowest BCUT2D eigenvalue weighted by Crippen LogP contribution is -2.51. The van der Waals surface area contributed by atoms with E-state index in [4.69, 9.17) is 0 Å². The third-order valence-corrected chi connectivity index (χ3v) is 3.10. The van der Waals surface area contributed by atoms with E-state index in [1.807, 2.05) is 19.0 Å². The van der Waals surface area contributed by atoms with Crippen LogP contribution in [0.15, 0.2) is 0 Å². The predicted molar refractivity (Wildman–Crippen MR) is 66.6 cm³/mol. The molecule has 2 amide bonds. The molecular weight excluding hydrogens is 202 g/mol. The summed E-state index contributed by atoms with van der Waals surface area (Å²) >= 11 is 0. The van der Waals surface area contributed by atoms with Gasteiger partial charge in [0.15, 0.2) is 0 Å². The average molecular weight is 227 g/mol. The standard InChI is InChI=1S/C12H25N3O/c1-4-5-6-7-14-8-10-15(11-9-14)12(16)13(2)3/h4-11H2,1-3H3. The van der Waals surface area contributed by atoms with E-state index in [2.05, 4.69) is 11.8 Å². The normalized spacial score (nSPS) is 17.6. The van der Waals surface area contributed by atoms with Crippen LogP contribution in [0, 0.1) is 0 Å². The maximum atomic E-state index is 11.7. The Morgan fingerprint density at radius 2 is 1.75 bits per heavy atom. The topological polar surface area (TPSA) is 26.8 Å². The van der Waals surface area contributed by atoms with Gasteiger partial charge >= 0.3 is 6.03 Å². The first-order chi connectivity index (χ1) is 7.65.